The van der Waals surface area contributed by atoms with Crippen LogP contribution in [0.3, 0.4) is 0 Å². The molecule has 0 fully saturated rings. The van der Waals surface area contributed by atoms with Crippen molar-refractivity contribution in [3.63, 3.8) is 0 Å². The molecule has 0 aromatic rings. The van der Waals surface area contributed by atoms with Crippen LogP contribution in [0.4, 0.5) is 4.79 Å². The molecule has 96 valence electrons. The lowest BCUT2D eigenvalue weighted by molar-refractivity contribution is 0.0429. The zero-order chi connectivity index (χ0) is 12.8. The molecule has 0 saturated heterocycles. The van der Waals surface area contributed by atoms with Crippen LogP contribution < -0.4 is 5.32 Å². The first-order chi connectivity index (χ1) is 7.26. The molecule has 0 aliphatic rings. The van der Waals surface area contributed by atoms with Crippen LogP contribution >= 0.6 is 0 Å². The minimum absolute atomic E-state index is 0.227. The van der Waals surface area contributed by atoms with E-state index in [1.165, 1.54) is 0 Å². The Morgan fingerprint density at radius 2 is 2.00 bits per heavy atom. The first-order valence-electron chi connectivity index (χ1n) is 5.94. The van der Waals surface area contributed by atoms with Gasteiger partial charge in [-0.3, -0.25) is 0 Å². The molecule has 4 heteroatoms. The summed E-state index contributed by atoms with van der Waals surface area (Å²) in [5, 5.41) is 12.2. The van der Waals surface area contributed by atoms with E-state index in [0.29, 0.717) is 0 Å². The maximum atomic E-state index is 11.5. The maximum absolute atomic E-state index is 11.5. The fourth-order valence-corrected chi connectivity index (χ4v) is 1.32. The van der Waals surface area contributed by atoms with E-state index in [0.717, 1.165) is 19.3 Å². The molecule has 0 spiro atoms. The van der Waals surface area contributed by atoms with E-state index < -0.39 is 17.8 Å². The van der Waals surface area contributed by atoms with Crippen LogP contribution in [0.2, 0.25) is 0 Å². The number of ether oxygens (including phenoxy) is 1. The average Bonchev–Trinajstić information content (AvgIpc) is 2.08. The molecule has 0 aliphatic carbocycles. The molecule has 1 amide bonds. The Morgan fingerprint density at radius 1 is 1.44 bits per heavy atom. The first kappa shape index (κ1) is 15.2. The summed E-state index contributed by atoms with van der Waals surface area (Å²) in [4.78, 5) is 11.5. The number of carbonyl (C=O) groups excluding carboxylic acids is 1. The van der Waals surface area contributed by atoms with E-state index in [1.807, 2.05) is 20.8 Å². The van der Waals surface area contributed by atoms with Crippen molar-refractivity contribution in [3.05, 3.63) is 0 Å². The van der Waals surface area contributed by atoms with Gasteiger partial charge in [-0.1, -0.05) is 19.8 Å². The van der Waals surface area contributed by atoms with Crippen LogP contribution in [-0.2, 0) is 4.74 Å². The number of amides is 1. The number of hydrogen-bond acceptors (Lipinski definition) is 3. The molecule has 0 bridgehead atoms. The van der Waals surface area contributed by atoms with Gasteiger partial charge >= 0.3 is 6.09 Å². The number of aliphatic hydroxyl groups excluding tert-OH is 1. The summed E-state index contributed by atoms with van der Waals surface area (Å²) >= 11 is 0. The first-order valence-corrected chi connectivity index (χ1v) is 5.94. The van der Waals surface area contributed by atoms with E-state index in [9.17, 15) is 9.90 Å². The van der Waals surface area contributed by atoms with Gasteiger partial charge in [0, 0.05) is 0 Å². The molecule has 2 atom stereocenters. The van der Waals surface area contributed by atoms with E-state index in [-0.39, 0.29) is 6.04 Å². The van der Waals surface area contributed by atoms with Crippen molar-refractivity contribution in [2.45, 2.75) is 71.6 Å². The number of unbranched alkanes of at least 4 members (excludes halogenated alkanes) is 1. The molecular weight excluding hydrogens is 206 g/mol. The third-order valence-electron chi connectivity index (χ3n) is 2.15. The Bertz CT molecular complexity index is 209. The van der Waals surface area contributed by atoms with Crippen LogP contribution in [0.1, 0.15) is 53.9 Å². The Labute approximate surface area is 98.4 Å². The molecule has 4 nitrogen and oxygen atoms in total. The standard InChI is InChI=1S/C12H25NO3/c1-6-7-8-10(9(2)14)13-11(15)16-12(3,4)5/h9-10,14H,6-8H2,1-5H3,(H,13,15)/t9-,10+/m0/s1. The number of rotatable bonds is 5. The zero-order valence-electron chi connectivity index (χ0n) is 11.0. The number of nitrogens with one attached hydrogen (secondary N) is 1. The predicted molar refractivity (Wildman–Crippen MR) is 64.4 cm³/mol. The largest absolute Gasteiger partial charge is 0.444 e. The normalized spacial score (nSPS) is 15.4. The van der Waals surface area contributed by atoms with Gasteiger partial charge < -0.3 is 15.2 Å². The summed E-state index contributed by atoms with van der Waals surface area (Å²) in [7, 11) is 0. The minimum Gasteiger partial charge on any atom is -0.444 e. The van der Waals surface area contributed by atoms with Crippen molar-refractivity contribution in [3.8, 4) is 0 Å². The minimum atomic E-state index is -0.556. The molecule has 16 heavy (non-hydrogen) atoms. The van der Waals surface area contributed by atoms with Crippen LogP contribution in [0.5, 0.6) is 0 Å². The van der Waals surface area contributed by atoms with E-state index in [4.69, 9.17) is 4.74 Å². The van der Waals surface area contributed by atoms with E-state index in [1.54, 1.807) is 6.92 Å². The highest BCUT2D eigenvalue weighted by Crippen LogP contribution is 2.09. The molecule has 2 N–H and O–H groups in total. The summed E-state index contributed by atoms with van der Waals surface area (Å²) in [6.45, 7) is 9.20. The third kappa shape index (κ3) is 7.51. The lowest BCUT2D eigenvalue weighted by atomic mass is 10.1. The number of aliphatic hydroxyl groups is 1. The van der Waals surface area contributed by atoms with Crippen LogP contribution in [-0.4, -0.2) is 28.9 Å². The highest BCUT2D eigenvalue weighted by molar-refractivity contribution is 5.68. The fraction of sp³-hybridized carbons (Fsp3) is 0.917. The Morgan fingerprint density at radius 3 is 2.38 bits per heavy atom. The Hall–Kier alpha value is -0.770. The summed E-state index contributed by atoms with van der Waals surface area (Å²) in [5.41, 5.74) is -0.502. The molecule has 0 aromatic carbocycles. The van der Waals surface area contributed by atoms with Gasteiger partial charge in [0.25, 0.3) is 0 Å². The van der Waals surface area contributed by atoms with Gasteiger partial charge in [-0.05, 0) is 34.1 Å². The van der Waals surface area contributed by atoms with E-state index >= 15 is 0 Å². The third-order valence-corrected chi connectivity index (χ3v) is 2.15. The molecule has 0 aliphatic heterocycles. The number of carbonyl (C=O) groups is 1. The number of hydrogen-bond donors (Lipinski definition) is 2. The number of alkyl carbamates (subject to hydrolysis) is 1. The summed E-state index contributed by atoms with van der Waals surface area (Å²) in [6, 6.07) is -0.227. The zero-order valence-corrected chi connectivity index (χ0v) is 11.0. The van der Waals surface area contributed by atoms with Gasteiger partial charge in [0.05, 0.1) is 12.1 Å². The summed E-state index contributed by atoms with van der Waals surface area (Å²) < 4.78 is 5.14. The topological polar surface area (TPSA) is 58.6 Å². The molecule has 0 saturated carbocycles. The second kappa shape index (κ2) is 6.74. The van der Waals surface area contributed by atoms with Gasteiger partial charge in [-0.15, -0.1) is 0 Å². The second-order valence-electron chi connectivity index (χ2n) is 5.14. The lowest BCUT2D eigenvalue weighted by Crippen LogP contribution is -2.44. The molecular formula is C12H25NO3. The molecule has 0 unspecified atom stereocenters. The van der Waals surface area contributed by atoms with Crippen LogP contribution in [0.15, 0.2) is 0 Å². The van der Waals surface area contributed by atoms with Crippen molar-refractivity contribution in [2.75, 3.05) is 0 Å². The summed E-state index contributed by atoms with van der Waals surface area (Å²) in [5.74, 6) is 0. The fourth-order valence-electron chi connectivity index (χ4n) is 1.32. The van der Waals surface area contributed by atoms with Crippen LogP contribution in [0, 0.1) is 0 Å². The molecule has 0 heterocycles. The highest BCUT2D eigenvalue weighted by atomic mass is 16.6. The van der Waals surface area contributed by atoms with Gasteiger partial charge in [0.2, 0.25) is 0 Å². The van der Waals surface area contributed by atoms with Gasteiger partial charge in [0.1, 0.15) is 5.60 Å². The lowest BCUT2D eigenvalue weighted by Gasteiger charge is -2.25. The van der Waals surface area contributed by atoms with Gasteiger partial charge in [0.15, 0.2) is 0 Å². The second-order valence-corrected chi connectivity index (χ2v) is 5.14. The van der Waals surface area contributed by atoms with E-state index in [2.05, 4.69) is 12.2 Å². The van der Waals surface area contributed by atoms with Crippen molar-refractivity contribution in [2.24, 2.45) is 0 Å². The molecule has 0 radical (unpaired) electrons. The smallest absolute Gasteiger partial charge is 0.407 e. The predicted octanol–water partition coefficient (Wildman–Crippen LogP) is 2.45. The maximum Gasteiger partial charge on any atom is 0.407 e. The molecule has 0 rings (SSSR count). The van der Waals surface area contributed by atoms with Crippen molar-refractivity contribution in [1.29, 1.82) is 0 Å². The summed E-state index contributed by atoms with van der Waals surface area (Å²) in [6.07, 6.45) is 1.77. The Kier molecular flexibility index (Phi) is 6.41. The van der Waals surface area contributed by atoms with Crippen LogP contribution in [0.25, 0.3) is 0 Å². The monoisotopic (exact) mass is 231 g/mol. The van der Waals surface area contributed by atoms with Crippen molar-refractivity contribution < 1.29 is 14.6 Å². The van der Waals surface area contributed by atoms with Gasteiger partial charge in [-0.25, -0.2) is 4.79 Å². The quantitative estimate of drug-likeness (QED) is 0.764. The van der Waals surface area contributed by atoms with Crippen molar-refractivity contribution in [1.82, 2.24) is 5.32 Å². The highest BCUT2D eigenvalue weighted by Gasteiger charge is 2.21. The van der Waals surface area contributed by atoms with Crippen molar-refractivity contribution >= 4 is 6.09 Å². The average molecular weight is 231 g/mol. The SMILES string of the molecule is CCCC[C@@H](NC(=O)OC(C)(C)C)[C@H](C)O. The Balaban J connectivity index is 4.13. The van der Waals surface area contributed by atoms with Gasteiger partial charge in [-0.2, -0.15) is 0 Å². The molecule has 0 aromatic heterocycles.